The van der Waals surface area contributed by atoms with Crippen LogP contribution in [-0.4, -0.2) is 11.1 Å². The van der Waals surface area contributed by atoms with Crippen LogP contribution in [0.4, 0.5) is 5.69 Å². The second-order valence-electron chi connectivity index (χ2n) is 4.37. The molecule has 0 aliphatic heterocycles. The molecule has 0 aliphatic carbocycles. The monoisotopic (exact) mass is 283 g/mol. The van der Waals surface area contributed by atoms with Crippen molar-refractivity contribution in [3.05, 3.63) is 58.5 Å². The first kappa shape index (κ1) is 14.5. The van der Waals surface area contributed by atoms with Crippen molar-refractivity contribution >= 4 is 23.8 Å². The van der Waals surface area contributed by atoms with Crippen LogP contribution in [-0.2, 0) is 4.79 Å². The van der Waals surface area contributed by atoms with Crippen LogP contribution in [0.25, 0.3) is 12.2 Å². The maximum Gasteiger partial charge on any atom is 0.308 e. The van der Waals surface area contributed by atoms with Crippen LogP contribution in [0.1, 0.15) is 18.1 Å². The maximum atomic E-state index is 10.8. The van der Waals surface area contributed by atoms with E-state index < -0.39 is 0 Å². The molecule has 2 aromatic carbocycles. The normalized spacial score (nSPS) is 10.5. The lowest BCUT2D eigenvalue weighted by Gasteiger charge is -2.01. The van der Waals surface area contributed by atoms with Crippen LogP contribution in [0.5, 0.6) is 11.5 Å². The van der Waals surface area contributed by atoms with Crippen molar-refractivity contribution in [1.29, 1.82) is 0 Å². The van der Waals surface area contributed by atoms with E-state index in [1.54, 1.807) is 42.5 Å². The smallest absolute Gasteiger partial charge is 0.308 e. The van der Waals surface area contributed by atoms with Crippen molar-refractivity contribution in [3.63, 3.8) is 0 Å². The van der Waals surface area contributed by atoms with E-state index in [0.29, 0.717) is 11.3 Å². The Balaban J connectivity index is 2.15. The molecular weight excluding hydrogens is 270 g/mol. The molecule has 0 amide bonds. The van der Waals surface area contributed by atoms with Gasteiger partial charge in [0.05, 0.1) is 0 Å². The molecule has 0 saturated heterocycles. The highest BCUT2D eigenvalue weighted by molar-refractivity contribution is 5.73. The molecule has 0 radical (unpaired) electrons. The van der Waals surface area contributed by atoms with Crippen LogP contribution in [0.2, 0.25) is 0 Å². The Kier molecular flexibility index (Phi) is 4.46. The quantitative estimate of drug-likeness (QED) is 0.400. The lowest BCUT2D eigenvalue weighted by Crippen LogP contribution is -2.00. The molecule has 106 valence electrons. The largest absolute Gasteiger partial charge is 0.508 e. The SMILES string of the molecule is CC(=O)Oc1ccc(/C=C/c2cc(O)cc(N=O)c2)cc1. The highest BCUT2D eigenvalue weighted by atomic mass is 16.5. The predicted octanol–water partition coefficient (Wildman–Crippen LogP) is 3.89. The molecule has 0 bridgehead atoms. The summed E-state index contributed by atoms with van der Waals surface area (Å²) in [6, 6.07) is 11.3. The summed E-state index contributed by atoms with van der Waals surface area (Å²) in [4.78, 5) is 21.3. The Morgan fingerprint density at radius 2 is 1.76 bits per heavy atom. The lowest BCUT2D eigenvalue weighted by atomic mass is 10.1. The highest BCUT2D eigenvalue weighted by Gasteiger charge is 1.99. The lowest BCUT2D eigenvalue weighted by molar-refractivity contribution is -0.131. The molecule has 0 aliphatic rings. The Morgan fingerprint density at radius 1 is 1.10 bits per heavy atom. The van der Waals surface area contributed by atoms with Gasteiger partial charge in [-0.05, 0) is 40.6 Å². The molecule has 21 heavy (non-hydrogen) atoms. The predicted molar refractivity (Wildman–Crippen MR) is 80.2 cm³/mol. The average molecular weight is 283 g/mol. The summed E-state index contributed by atoms with van der Waals surface area (Å²) < 4.78 is 4.93. The summed E-state index contributed by atoms with van der Waals surface area (Å²) in [6.45, 7) is 1.34. The number of carbonyl (C=O) groups excluding carboxylic acids is 1. The van der Waals surface area contributed by atoms with Crippen molar-refractivity contribution in [1.82, 2.24) is 0 Å². The van der Waals surface area contributed by atoms with Gasteiger partial charge < -0.3 is 9.84 Å². The van der Waals surface area contributed by atoms with Gasteiger partial charge >= 0.3 is 5.97 Å². The number of carbonyl (C=O) groups is 1. The summed E-state index contributed by atoms with van der Waals surface area (Å²) in [6.07, 6.45) is 3.55. The first-order chi connectivity index (χ1) is 10.1. The Morgan fingerprint density at radius 3 is 2.38 bits per heavy atom. The van der Waals surface area contributed by atoms with Gasteiger partial charge in [0.2, 0.25) is 0 Å². The number of aromatic hydroxyl groups is 1. The summed E-state index contributed by atoms with van der Waals surface area (Å²) in [5.41, 5.74) is 1.71. The fraction of sp³-hybridized carbons (Fsp3) is 0.0625. The van der Waals surface area contributed by atoms with Crippen LogP contribution in [0.3, 0.4) is 0 Å². The number of hydrogen-bond donors (Lipinski definition) is 1. The Hall–Kier alpha value is -2.95. The van der Waals surface area contributed by atoms with Crippen molar-refractivity contribution in [3.8, 4) is 11.5 Å². The van der Waals surface area contributed by atoms with Gasteiger partial charge in [-0.15, -0.1) is 4.91 Å². The van der Waals surface area contributed by atoms with E-state index in [1.165, 1.54) is 19.1 Å². The van der Waals surface area contributed by atoms with Crippen molar-refractivity contribution < 1.29 is 14.6 Å². The van der Waals surface area contributed by atoms with Crippen molar-refractivity contribution in [2.45, 2.75) is 6.92 Å². The van der Waals surface area contributed by atoms with Gasteiger partial charge in [0, 0.05) is 13.0 Å². The summed E-state index contributed by atoms with van der Waals surface area (Å²) in [7, 11) is 0. The third-order valence-electron chi connectivity index (χ3n) is 2.64. The van der Waals surface area contributed by atoms with E-state index in [-0.39, 0.29) is 17.4 Å². The third kappa shape index (κ3) is 4.28. The van der Waals surface area contributed by atoms with Gasteiger partial charge in [-0.25, -0.2) is 0 Å². The average Bonchev–Trinajstić information content (AvgIpc) is 2.45. The van der Waals surface area contributed by atoms with Gasteiger partial charge in [0.15, 0.2) is 0 Å². The van der Waals surface area contributed by atoms with Gasteiger partial charge in [-0.2, -0.15) is 0 Å². The van der Waals surface area contributed by atoms with Crippen LogP contribution in [0, 0.1) is 4.91 Å². The summed E-state index contributed by atoms with van der Waals surface area (Å²) >= 11 is 0. The van der Waals surface area contributed by atoms with E-state index in [1.807, 2.05) is 0 Å². The molecule has 1 N–H and O–H groups in total. The van der Waals surface area contributed by atoms with Crippen LogP contribution in [0.15, 0.2) is 47.6 Å². The summed E-state index contributed by atoms with van der Waals surface area (Å²) in [5.74, 6) is 0.0911. The molecule has 0 saturated carbocycles. The number of hydrogen-bond acceptors (Lipinski definition) is 5. The van der Waals surface area contributed by atoms with Gasteiger partial charge in [-0.1, -0.05) is 24.3 Å². The topological polar surface area (TPSA) is 76.0 Å². The molecule has 0 heterocycles. The van der Waals surface area contributed by atoms with Crippen molar-refractivity contribution in [2.75, 3.05) is 0 Å². The van der Waals surface area contributed by atoms with E-state index in [0.717, 1.165) is 5.56 Å². The standard InChI is InChI=1S/C16H13NO4/c1-11(18)21-16-6-4-12(5-7-16)2-3-13-8-14(17-20)10-15(19)9-13/h2-10,19H,1H3/b3-2+. The zero-order valence-corrected chi connectivity index (χ0v) is 11.3. The molecule has 5 heteroatoms. The molecule has 0 aromatic heterocycles. The van der Waals surface area contributed by atoms with Crippen molar-refractivity contribution in [2.24, 2.45) is 5.18 Å². The highest BCUT2D eigenvalue weighted by Crippen LogP contribution is 2.23. The Labute approximate surface area is 121 Å². The number of rotatable bonds is 4. The first-order valence-electron chi connectivity index (χ1n) is 6.21. The van der Waals surface area contributed by atoms with Gasteiger partial charge in [0.25, 0.3) is 0 Å². The number of phenolic OH excluding ortho intramolecular Hbond substituents is 1. The summed E-state index contributed by atoms with van der Waals surface area (Å²) in [5, 5.41) is 12.3. The van der Waals surface area contributed by atoms with Gasteiger partial charge in [0.1, 0.15) is 17.2 Å². The van der Waals surface area contributed by atoms with E-state index >= 15 is 0 Å². The number of esters is 1. The zero-order valence-electron chi connectivity index (χ0n) is 11.3. The minimum absolute atomic E-state index is 0.0167. The van der Waals surface area contributed by atoms with E-state index in [9.17, 15) is 14.8 Å². The van der Waals surface area contributed by atoms with Gasteiger partial charge in [-0.3, -0.25) is 4.79 Å². The second-order valence-corrected chi connectivity index (χ2v) is 4.37. The van der Waals surface area contributed by atoms with E-state index in [2.05, 4.69) is 5.18 Å². The van der Waals surface area contributed by atoms with Crippen LogP contribution >= 0.6 is 0 Å². The van der Waals surface area contributed by atoms with Crippen LogP contribution < -0.4 is 4.74 Å². The molecule has 0 atom stereocenters. The fourth-order valence-electron chi connectivity index (χ4n) is 1.77. The third-order valence-corrected chi connectivity index (χ3v) is 2.64. The molecule has 2 aromatic rings. The Bertz CT molecular complexity index is 690. The minimum Gasteiger partial charge on any atom is -0.508 e. The number of nitroso groups, excluding NO2 is 1. The number of benzene rings is 2. The second kappa shape index (κ2) is 6.47. The molecule has 0 fully saturated rings. The fourth-order valence-corrected chi connectivity index (χ4v) is 1.77. The minimum atomic E-state index is -0.369. The maximum absolute atomic E-state index is 10.8. The zero-order chi connectivity index (χ0) is 15.2. The molecule has 5 nitrogen and oxygen atoms in total. The number of nitrogens with zero attached hydrogens (tertiary/aromatic N) is 1. The molecule has 0 unspecified atom stereocenters. The number of ether oxygens (including phenoxy) is 1. The molecular formula is C16H13NO4. The molecule has 2 rings (SSSR count). The first-order valence-corrected chi connectivity index (χ1v) is 6.21. The number of phenols is 1. The molecule has 0 spiro atoms. The van der Waals surface area contributed by atoms with E-state index in [4.69, 9.17) is 4.74 Å².